The molecule has 0 aliphatic rings. The van der Waals surface area contributed by atoms with Gasteiger partial charge in [0.1, 0.15) is 0 Å². The van der Waals surface area contributed by atoms with E-state index >= 15 is 0 Å². The Morgan fingerprint density at radius 1 is 1.29 bits per heavy atom. The van der Waals surface area contributed by atoms with E-state index in [0.29, 0.717) is 5.92 Å². The largest absolute Gasteiger partial charge is 0.347 e. The third kappa shape index (κ3) is 3.84. The summed E-state index contributed by atoms with van der Waals surface area (Å²) in [7, 11) is 0. The number of nitrogens with zero attached hydrogens (tertiary/aromatic N) is 1. The number of ketones is 1. The molecular formula is C19H25NO. The first-order valence-corrected chi connectivity index (χ1v) is 7.92. The summed E-state index contributed by atoms with van der Waals surface area (Å²) >= 11 is 0. The number of hydrogen-bond donors (Lipinski definition) is 0. The molecule has 2 nitrogen and oxygen atoms in total. The van der Waals surface area contributed by atoms with Crippen LogP contribution in [-0.2, 0) is 6.54 Å². The van der Waals surface area contributed by atoms with Gasteiger partial charge in [0, 0.05) is 29.2 Å². The Labute approximate surface area is 127 Å². The molecule has 1 heterocycles. The number of aryl methyl sites for hydroxylation is 1. The topological polar surface area (TPSA) is 22.0 Å². The monoisotopic (exact) mass is 283 g/mol. The molecule has 2 aromatic rings. The molecule has 0 saturated carbocycles. The first kappa shape index (κ1) is 15.6. The van der Waals surface area contributed by atoms with Crippen molar-refractivity contribution in [2.45, 2.75) is 46.6 Å². The van der Waals surface area contributed by atoms with E-state index in [4.69, 9.17) is 0 Å². The van der Waals surface area contributed by atoms with Gasteiger partial charge in [0.15, 0.2) is 5.78 Å². The molecule has 0 fully saturated rings. The molecule has 21 heavy (non-hydrogen) atoms. The third-order valence-corrected chi connectivity index (χ3v) is 3.68. The molecule has 0 aliphatic carbocycles. The second-order valence-electron chi connectivity index (χ2n) is 6.00. The number of carbonyl (C=O) groups excluding carboxylic acids is 1. The minimum Gasteiger partial charge on any atom is -0.347 e. The molecule has 0 atom stereocenters. The molecule has 0 N–H and O–H groups in total. The average Bonchev–Trinajstić information content (AvgIpc) is 2.83. The van der Waals surface area contributed by atoms with Crippen LogP contribution in [-0.4, -0.2) is 10.4 Å². The van der Waals surface area contributed by atoms with E-state index in [2.05, 4.69) is 31.4 Å². The number of fused-ring (bicyclic) bond motifs is 1. The molecule has 0 saturated heterocycles. The van der Waals surface area contributed by atoms with E-state index < -0.39 is 0 Å². The van der Waals surface area contributed by atoms with Gasteiger partial charge in [0.05, 0.1) is 0 Å². The van der Waals surface area contributed by atoms with Crippen molar-refractivity contribution >= 4 is 16.7 Å². The number of unbranched alkanes of at least 4 members (excludes halogenated alkanes) is 1. The van der Waals surface area contributed by atoms with Crippen LogP contribution in [0.25, 0.3) is 10.9 Å². The molecule has 2 rings (SSSR count). The lowest BCUT2D eigenvalue weighted by atomic mass is 10.1. The van der Waals surface area contributed by atoms with Gasteiger partial charge in [-0.05, 0) is 30.9 Å². The quantitative estimate of drug-likeness (QED) is 0.504. The summed E-state index contributed by atoms with van der Waals surface area (Å²) in [5.74, 6) is 0.696. The maximum Gasteiger partial charge on any atom is 0.187 e. The van der Waals surface area contributed by atoms with Crippen LogP contribution in [0, 0.1) is 5.92 Å². The molecule has 2 heteroatoms. The normalized spacial score (nSPS) is 11.8. The molecule has 0 amide bonds. The highest BCUT2D eigenvalue weighted by Gasteiger charge is 2.12. The van der Waals surface area contributed by atoms with Gasteiger partial charge in [-0.1, -0.05) is 51.5 Å². The molecule has 0 spiro atoms. The summed E-state index contributed by atoms with van der Waals surface area (Å²) in [6.07, 6.45) is 8.97. The first-order chi connectivity index (χ1) is 10.1. The lowest BCUT2D eigenvalue weighted by Crippen LogP contribution is -1.96. The Morgan fingerprint density at radius 3 is 2.76 bits per heavy atom. The summed E-state index contributed by atoms with van der Waals surface area (Å²) in [4.78, 5) is 12.4. The Morgan fingerprint density at radius 2 is 2.05 bits per heavy atom. The second kappa shape index (κ2) is 7.26. The summed E-state index contributed by atoms with van der Waals surface area (Å²) in [6.45, 7) is 7.48. The van der Waals surface area contributed by atoms with Gasteiger partial charge >= 0.3 is 0 Å². The van der Waals surface area contributed by atoms with Crippen LogP contribution in [0.1, 0.15) is 50.4 Å². The SMILES string of the molecule is CCCCn1cc(C(=O)/C=C/CC(C)C)c2ccccc21. The zero-order valence-electron chi connectivity index (χ0n) is 13.3. The molecule has 1 aromatic carbocycles. The van der Waals surface area contributed by atoms with Crippen molar-refractivity contribution < 1.29 is 4.79 Å². The van der Waals surface area contributed by atoms with Gasteiger partial charge in [-0.3, -0.25) is 4.79 Å². The van der Waals surface area contributed by atoms with Crippen molar-refractivity contribution in [1.82, 2.24) is 4.57 Å². The predicted molar refractivity (Wildman–Crippen MR) is 89.8 cm³/mol. The average molecular weight is 283 g/mol. The van der Waals surface area contributed by atoms with Crippen molar-refractivity contribution in [3.05, 3.63) is 48.2 Å². The molecule has 0 radical (unpaired) electrons. The van der Waals surface area contributed by atoms with Crippen LogP contribution >= 0.6 is 0 Å². The van der Waals surface area contributed by atoms with E-state index in [1.807, 2.05) is 30.5 Å². The van der Waals surface area contributed by atoms with Crippen LogP contribution in [0.15, 0.2) is 42.6 Å². The Kier molecular flexibility index (Phi) is 5.38. The van der Waals surface area contributed by atoms with Crippen LogP contribution in [0.2, 0.25) is 0 Å². The van der Waals surface area contributed by atoms with Gasteiger partial charge in [-0.25, -0.2) is 0 Å². The molecule has 0 unspecified atom stereocenters. The fourth-order valence-corrected chi connectivity index (χ4v) is 2.49. The summed E-state index contributed by atoms with van der Waals surface area (Å²) in [6, 6.07) is 8.18. The highest BCUT2D eigenvalue weighted by molar-refractivity contribution is 6.13. The van der Waals surface area contributed by atoms with Crippen LogP contribution in [0.4, 0.5) is 0 Å². The van der Waals surface area contributed by atoms with Crippen LogP contribution in [0.5, 0.6) is 0 Å². The summed E-state index contributed by atoms with van der Waals surface area (Å²) in [5.41, 5.74) is 1.98. The zero-order valence-corrected chi connectivity index (χ0v) is 13.3. The number of carbonyl (C=O) groups is 1. The lowest BCUT2D eigenvalue weighted by molar-refractivity contribution is 0.104. The van der Waals surface area contributed by atoms with E-state index in [-0.39, 0.29) is 5.78 Å². The van der Waals surface area contributed by atoms with Gasteiger partial charge in [0.25, 0.3) is 0 Å². The maximum absolute atomic E-state index is 12.4. The van der Waals surface area contributed by atoms with Gasteiger partial charge in [-0.15, -0.1) is 0 Å². The molecule has 0 aliphatic heterocycles. The van der Waals surface area contributed by atoms with Crippen molar-refractivity contribution in [2.24, 2.45) is 5.92 Å². The first-order valence-electron chi connectivity index (χ1n) is 7.92. The number of benzene rings is 1. The lowest BCUT2D eigenvalue weighted by Gasteiger charge is -2.02. The van der Waals surface area contributed by atoms with Crippen LogP contribution < -0.4 is 0 Å². The number of aromatic nitrogens is 1. The Hall–Kier alpha value is -1.83. The van der Waals surface area contributed by atoms with E-state index in [1.165, 1.54) is 0 Å². The molecule has 0 bridgehead atoms. The Balaban J connectivity index is 2.30. The van der Waals surface area contributed by atoms with Crippen molar-refractivity contribution in [3.8, 4) is 0 Å². The highest BCUT2D eigenvalue weighted by Crippen LogP contribution is 2.22. The number of hydrogen-bond acceptors (Lipinski definition) is 1. The zero-order chi connectivity index (χ0) is 15.2. The predicted octanol–water partition coefficient (Wildman–Crippen LogP) is 5.23. The third-order valence-electron chi connectivity index (χ3n) is 3.68. The second-order valence-corrected chi connectivity index (χ2v) is 6.00. The minimum atomic E-state index is 0.113. The highest BCUT2D eigenvalue weighted by atomic mass is 16.1. The fraction of sp³-hybridized carbons (Fsp3) is 0.421. The number of rotatable bonds is 7. The molecular weight excluding hydrogens is 258 g/mol. The standard InChI is InChI=1S/C19H25NO/c1-4-5-13-20-14-17(16-10-6-7-11-18(16)20)19(21)12-8-9-15(2)3/h6-8,10-12,14-15H,4-5,9,13H2,1-3H3/b12-8+. The summed E-state index contributed by atoms with van der Waals surface area (Å²) in [5, 5.41) is 1.06. The van der Waals surface area contributed by atoms with Gasteiger partial charge in [0.2, 0.25) is 0 Å². The fourth-order valence-electron chi connectivity index (χ4n) is 2.49. The van der Waals surface area contributed by atoms with E-state index in [9.17, 15) is 4.79 Å². The van der Waals surface area contributed by atoms with Crippen molar-refractivity contribution in [2.75, 3.05) is 0 Å². The number of allylic oxidation sites excluding steroid dienone is 2. The Bertz CT molecular complexity index is 634. The maximum atomic E-state index is 12.4. The number of para-hydroxylation sites is 1. The molecule has 112 valence electrons. The van der Waals surface area contributed by atoms with Crippen molar-refractivity contribution in [1.29, 1.82) is 0 Å². The van der Waals surface area contributed by atoms with Crippen molar-refractivity contribution in [3.63, 3.8) is 0 Å². The minimum absolute atomic E-state index is 0.113. The summed E-state index contributed by atoms with van der Waals surface area (Å²) < 4.78 is 2.21. The van der Waals surface area contributed by atoms with Gasteiger partial charge in [-0.2, -0.15) is 0 Å². The van der Waals surface area contributed by atoms with Crippen LogP contribution in [0.3, 0.4) is 0 Å². The molecule has 1 aromatic heterocycles. The van der Waals surface area contributed by atoms with E-state index in [1.54, 1.807) is 6.08 Å². The smallest absolute Gasteiger partial charge is 0.187 e. The van der Waals surface area contributed by atoms with E-state index in [0.717, 1.165) is 42.3 Å². The van der Waals surface area contributed by atoms with Gasteiger partial charge < -0.3 is 4.57 Å².